The van der Waals surface area contributed by atoms with Gasteiger partial charge in [0.1, 0.15) is 0 Å². The first kappa shape index (κ1) is 10.2. The van der Waals surface area contributed by atoms with Crippen molar-refractivity contribution in [2.24, 2.45) is 0 Å². The van der Waals surface area contributed by atoms with Gasteiger partial charge >= 0.3 is 0 Å². The summed E-state index contributed by atoms with van der Waals surface area (Å²) < 4.78 is 0. The molecule has 0 heterocycles. The molecule has 0 saturated heterocycles. The maximum absolute atomic E-state index is 2.34. The van der Waals surface area contributed by atoms with Gasteiger partial charge in [0.15, 0.2) is 0 Å². The lowest BCUT2D eigenvalue weighted by Crippen LogP contribution is -2.19. The van der Waals surface area contributed by atoms with Gasteiger partial charge in [-0.15, -0.1) is 0 Å². The second kappa shape index (κ2) is 4.94. The highest BCUT2D eigenvalue weighted by Gasteiger charge is 2.05. The predicted molar refractivity (Wildman–Crippen MR) is 69.5 cm³/mol. The van der Waals surface area contributed by atoms with Gasteiger partial charge < -0.3 is 0 Å². The largest absolute Gasteiger partial charge is 0.0663 e. The number of benzene rings is 2. The molecule has 0 aliphatic rings. The van der Waals surface area contributed by atoms with E-state index in [-0.39, 0.29) is 9.52 Å². The van der Waals surface area contributed by atoms with Crippen LogP contribution in [0.5, 0.6) is 0 Å². The van der Waals surface area contributed by atoms with E-state index in [2.05, 4.69) is 67.6 Å². The first-order valence-electron chi connectivity index (χ1n) is 5.45. The van der Waals surface area contributed by atoms with Gasteiger partial charge in [0, 0.05) is 0 Å². The summed E-state index contributed by atoms with van der Waals surface area (Å²) in [4.78, 5) is 0. The summed E-state index contributed by atoms with van der Waals surface area (Å²) in [6, 6.07) is 21.7. The van der Waals surface area contributed by atoms with E-state index in [9.17, 15) is 0 Å². The summed E-state index contributed by atoms with van der Waals surface area (Å²) in [5.41, 5.74) is 2.21. The van der Waals surface area contributed by atoms with Crippen molar-refractivity contribution in [2.45, 2.75) is 12.5 Å². The number of rotatable bonds is 3. The summed E-state index contributed by atoms with van der Waals surface area (Å²) in [5, 5.41) is 1.55. The Hall–Kier alpha value is -1.34. The molecule has 0 unspecified atom stereocenters. The molecule has 2 rings (SSSR count). The highest BCUT2D eigenvalue weighted by molar-refractivity contribution is 6.54. The minimum Gasteiger partial charge on any atom is -0.0663 e. The molecule has 0 aliphatic carbocycles. The Kier molecular flexibility index (Phi) is 3.35. The lowest BCUT2D eigenvalue weighted by Gasteiger charge is -2.10. The molecule has 0 radical (unpaired) electrons. The zero-order valence-corrected chi connectivity index (χ0v) is 10.5. The van der Waals surface area contributed by atoms with Crippen LogP contribution < -0.4 is 5.19 Å². The van der Waals surface area contributed by atoms with Crippen molar-refractivity contribution in [3.63, 3.8) is 0 Å². The van der Waals surface area contributed by atoms with E-state index in [0.29, 0.717) is 0 Å². The smallest absolute Gasteiger partial charge is 0.0620 e. The Bertz CT molecular complexity index is 394. The topological polar surface area (TPSA) is 0 Å². The fourth-order valence-corrected chi connectivity index (χ4v) is 3.63. The molecule has 0 aliphatic heterocycles. The van der Waals surface area contributed by atoms with Crippen molar-refractivity contribution in [1.29, 1.82) is 0 Å². The van der Waals surface area contributed by atoms with Gasteiger partial charge in [-0.05, 0) is 11.1 Å². The van der Waals surface area contributed by atoms with E-state index in [1.54, 1.807) is 5.19 Å². The summed E-state index contributed by atoms with van der Waals surface area (Å²) in [7, 11) is -0.185. The van der Waals surface area contributed by atoms with Crippen molar-refractivity contribution < 1.29 is 0 Å². The monoisotopic (exact) mass is 212 g/mol. The fourth-order valence-electron chi connectivity index (χ4n) is 1.87. The fraction of sp³-hybridized carbons (Fsp3) is 0.143. The van der Waals surface area contributed by atoms with Crippen LogP contribution in [0.3, 0.4) is 0 Å². The van der Waals surface area contributed by atoms with Crippen LogP contribution in [0.2, 0.25) is 0 Å². The summed E-state index contributed by atoms with van der Waals surface area (Å²) in [6.45, 7) is 2.34. The quantitative estimate of drug-likeness (QED) is 0.685. The van der Waals surface area contributed by atoms with E-state index in [1.165, 1.54) is 5.56 Å². The van der Waals surface area contributed by atoms with Crippen molar-refractivity contribution in [1.82, 2.24) is 0 Å². The third-order valence-corrected chi connectivity index (χ3v) is 4.78. The molecular formula is C14H16Si. The first-order valence-corrected chi connectivity index (χ1v) is 6.97. The first-order chi connectivity index (χ1) is 7.36. The van der Waals surface area contributed by atoms with E-state index < -0.39 is 0 Å². The normalized spacial score (nSPS) is 13.1. The average molecular weight is 212 g/mol. The summed E-state index contributed by atoms with van der Waals surface area (Å²) >= 11 is 0. The maximum Gasteiger partial charge on any atom is 0.0620 e. The van der Waals surface area contributed by atoms with Gasteiger partial charge in [-0.2, -0.15) is 0 Å². The van der Waals surface area contributed by atoms with Gasteiger partial charge in [0.25, 0.3) is 0 Å². The van der Waals surface area contributed by atoms with Crippen LogP contribution in [0, 0.1) is 0 Å². The second-order valence-electron chi connectivity index (χ2n) is 4.00. The van der Waals surface area contributed by atoms with Crippen molar-refractivity contribution >= 4 is 14.7 Å². The van der Waals surface area contributed by atoms with Crippen LogP contribution in [-0.2, 0) is 0 Å². The van der Waals surface area contributed by atoms with Crippen LogP contribution in [0.4, 0.5) is 0 Å². The molecule has 0 spiro atoms. The van der Waals surface area contributed by atoms with Crippen LogP contribution >= 0.6 is 0 Å². The lowest BCUT2D eigenvalue weighted by molar-refractivity contribution is 1.07. The van der Waals surface area contributed by atoms with Crippen molar-refractivity contribution in [2.75, 3.05) is 0 Å². The highest BCUT2D eigenvalue weighted by atomic mass is 28.2. The van der Waals surface area contributed by atoms with Crippen LogP contribution in [0.1, 0.15) is 18.0 Å². The van der Waals surface area contributed by atoms with Gasteiger partial charge in [-0.25, -0.2) is 0 Å². The maximum atomic E-state index is 2.34. The SMILES string of the molecule is C[C@H]([SiH2]c1ccccc1)c1ccccc1. The van der Waals surface area contributed by atoms with Crippen molar-refractivity contribution in [3.05, 3.63) is 66.2 Å². The van der Waals surface area contributed by atoms with Crippen LogP contribution in [0.25, 0.3) is 0 Å². The van der Waals surface area contributed by atoms with E-state index in [0.717, 1.165) is 5.54 Å². The Morgan fingerprint density at radius 1 is 0.800 bits per heavy atom. The zero-order valence-electron chi connectivity index (χ0n) is 9.06. The lowest BCUT2D eigenvalue weighted by atomic mass is 10.2. The van der Waals surface area contributed by atoms with E-state index >= 15 is 0 Å². The van der Waals surface area contributed by atoms with E-state index in [1.807, 2.05) is 0 Å². The minimum atomic E-state index is -0.185. The minimum absolute atomic E-state index is 0.185. The zero-order chi connectivity index (χ0) is 10.5. The molecule has 2 aromatic rings. The molecule has 1 heteroatoms. The molecule has 76 valence electrons. The Morgan fingerprint density at radius 3 is 1.93 bits per heavy atom. The highest BCUT2D eigenvalue weighted by Crippen LogP contribution is 2.12. The van der Waals surface area contributed by atoms with Gasteiger partial charge in [-0.3, -0.25) is 0 Å². The molecule has 0 N–H and O–H groups in total. The van der Waals surface area contributed by atoms with Crippen LogP contribution in [-0.4, -0.2) is 9.52 Å². The van der Waals surface area contributed by atoms with Gasteiger partial charge in [-0.1, -0.05) is 72.8 Å². The van der Waals surface area contributed by atoms with Gasteiger partial charge in [0.2, 0.25) is 0 Å². The summed E-state index contributed by atoms with van der Waals surface area (Å²) in [5.74, 6) is 0. The molecule has 0 bridgehead atoms. The number of hydrogen-bond acceptors (Lipinski definition) is 0. The second-order valence-corrected chi connectivity index (χ2v) is 6.45. The molecule has 2 aromatic carbocycles. The summed E-state index contributed by atoms with van der Waals surface area (Å²) in [6.07, 6.45) is 0. The molecule has 0 saturated carbocycles. The third-order valence-electron chi connectivity index (χ3n) is 2.75. The standard InChI is InChI=1S/C14H16Si/c1-12(13-8-4-2-5-9-13)15-14-10-6-3-7-11-14/h2-12H,15H2,1H3/t12-/m0/s1. The molecule has 0 amide bonds. The Labute approximate surface area is 93.8 Å². The van der Waals surface area contributed by atoms with Gasteiger partial charge in [0.05, 0.1) is 9.52 Å². The predicted octanol–water partition coefficient (Wildman–Crippen LogP) is 2.24. The molecule has 1 atom stereocenters. The molecule has 0 nitrogen and oxygen atoms in total. The Balaban J connectivity index is 2.08. The van der Waals surface area contributed by atoms with Crippen molar-refractivity contribution in [3.8, 4) is 0 Å². The number of hydrogen-bond donors (Lipinski definition) is 0. The van der Waals surface area contributed by atoms with Crippen LogP contribution in [0.15, 0.2) is 60.7 Å². The Morgan fingerprint density at radius 2 is 1.33 bits per heavy atom. The average Bonchev–Trinajstić information content (AvgIpc) is 2.31. The molecule has 0 fully saturated rings. The third kappa shape index (κ3) is 2.80. The van der Waals surface area contributed by atoms with E-state index in [4.69, 9.17) is 0 Å². The molecular weight excluding hydrogens is 196 g/mol. The molecule has 0 aromatic heterocycles. The molecule has 15 heavy (non-hydrogen) atoms.